The van der Waals surface area contributed by atoms with Crippen molar-refractivity contribution >= 4 is 23.0 Å². The highest BCUT2D eigenvalue weighted by atomic mass is 32.1. The number of rotatable bonds is 1. The van der Waals surface area contributed by atoms with Crippen LogP contribution in [0.3, 0.4) is 0 Å². The third-order valence-electron chi connectivity index (χ3n) is 2.26. The van der Waals surface area contributed by atoms with Crippen molar-refractivity contribution in [1.29, 1.82) is 0 Å². The van der Waals surface area contributed by atoms with E-state index in [4.69, 9.17) is 5.73 Å². The van der Waals surface area contributed by atoms with Crippen LogP contribution in [0.15, 0.2) is 5.38 Å². The van der Waals surface area contributed by atoms with Gasteiger partial charge in [-0.3, -0.25) is 9.59 Å². The molecule has 0 aliphatic heterocycles. The molecule has 1 aliphatic carbocycles. The van der Waals surface area contributed by atoms with Crippen molar-refractivity contribution in [1.82, 2.24) is 0 Å². The molecular formula is C9H9NO2S. The van der Waals surface area contributed by atoms with Gasteiger partial charge in [0.15, 0.2) is 0 Å². The van der Waals surface area contributed by atoms with Gasteiger partial charge in [-0.05, 0) is 12.0 Å². The molecule has 0 unspecified atom stereocenters. The molecule has 3 nitrogen and oxygen atoms in total. The molecule has 2 rings (SSSR count). The minimum Gasteiger partial charge on any atom is -0.366 e. The smallest absolute Gasteiger partial charge is 0.249 e. The van der Waals surface area contributed by atoms with Gasteiger partial charge in [0.05, 0.1) is 5.56 Å². The van der Waals surface area contributed by atoms with Crippen molar-refractivity contribution in [3.63, 3.8) is 0 Å². The second-order valence-corrected chi connectivity index (χ2v) is 4.10. The van der Waals surface area contributed by atoms with Crippen LogP contribution in [0.4, 0.5) is 0 Å². The van der Waals surface area contributed by atoms with Crippen LogP contribution in [0.1, 0.15) is 27.2 Å². The zero-order chi connectivity index (χ0) is 9.42. The molecule has 1 aromatic heterocycles. The van der Waals surface area contributed by atoms with Crippen molar-refractivity contribution in [3.8, 4) is 0 Å². The highest BCUT2D eigenvalue weighted by molar-refractivity contribution is 7.10. The van der Waals surface area contributed by atoms with E-state index >= 15 is 0 Å². The molecule has 1 aromatic rings. The number of hydrogen-bond acceptors (Lipinski definition) is 3. The summed E-state index contributed by atoms with van der Waals surface area (Å²) in [7, 11) is 0. The number of fused-ring (bicyclic) bond motifs is 1. The average molecular weight is 195 g/mol. The third kappa shape index (κ3) is 1.37. The summed E-state index contributed by atoms with van der Waals surface area (Å²) < 4.78 is 0. The summed E-state index contributed by atoms with van der Waals surface area (Å²) >= 11 is 1.46. The summed E-state index contributed by atoms with van der Waals surface area (Å²) in [4.78, 5) is 23.1. The summed E-state index contributed by atoms with van der Waals surface area (Å²) in [5.41, 5.74) is 6.80. The molecule has 0 fully saturated rings. The van der Waals surface area contributed by atoms with E-state index in [-0.39, 0.29) is 11.7 Å². The Kier molecular flexibility index (Phi) is 1.92. The molecule has 0 spiro atoms. The van der Waals surface area contributed by atoms with Crippen LogP contribution in [0.5, 0.6) is 0 Å². The number of carbonyl (C=O) groups is 2. The van der Waals surface area contributed by atoms with Gasteiger partial charge in [-0.15, -0.1) is 11.3 Å². The molecule has 0 radical (unpaired) electrons. The monoisotopic (exact) mass is 195 g/mol. The maximum atomic E-state index is 11.1. The van der Waals surface area contributed by atoms with Gasteiger partial charge in [0.25, 0.3) is 0 Å². The highest BCUT2D eigenvalue weighted by Gasteiger charge is 2.22. The van der Waals surface area contributed by atoms with Crippen molar-refractivity contribution in [2.45, 2.75) is 19.3 Å². The molecular weight excluding hydrogens is 186 g/mol. The van der Waals surface area contributed by atoms with E-state index in [1.165, 1.54) is 11.3 Å². The normalized spacial score (nSPS) is 15.5. The number of nitrogens with two attached hydrogens (primary N) is 1. The molecule has 1 aliphatic rings. The maximum absolute atomic E-state index is 11.1. The zero-order valence-electron chi connectivity index (χ0n) is 7.00. The summed E-state index contributed by atoms with van der Waals surface area (Å²) in [6, 6.07) is 0. The lowest BCUT2D eigenvalue weighted by atomic mass is 9.95. The fourth-order valence-electron chi connectivity index (χ4n) is 1.58. The lowest BCUT2D eigenvalue weighted by molar-refractivity contribution is -0.118. The number of ketones is 1. The van der Waals surface area contributed by atoms with Crippen molar-refractivity contribution < 1.29 is 9.59 Å². The van der Waals surface area contributed by atoms with Gasteiger partial charge in [0, 0.05) is 23.1 Å². The van der Waals surface area contributed by atoms with Crippen LogP contribution >= 0.6 is 11.3 Å². The van der Waals surface area contributed by atoms with E-state index in [9.17, 15) is 9.59 Å². The van der Waals surface area contributed by atoms with Crippen molar-refractivity contribution in [3.05, 3.63) is 21.4 Å². The summed E-state index contributed by atoms with van der Waals surface area (Å²) in [6.07, 6.45) is 1.70. The predicted octanol–water partition coefficient (Wildman–Crippen LogP) is 0.905. The van der Waals surface area contributed by atoms with Crippen LogP contribution in [0.25, 0.3) is 0 Å². The Bertz CT molecular complexity index is 381. The first kappa shape index (κ1) is 8.44. The summed E-state index contributed by atoms with van der Waals surface area (Å²) in [6.45, 7) is 0. The standard InChI is InChI=1S/C9H9NO2S/c10-9(12)7-4-13-8-3-5(11)1-2-6(7)8/h4H,1-3H2,(H2,10,12). The van der Waals surface area contributed by atoms with Crippen molar-refractivity contribution in [2.75, 3.05) is 0 Å². The number of carbonyl (C=O) groups excluding carboxylic acids is 2. The minimum atomic E-state index is -0.383. The van der Waals surface area contributed by atoms with Crippen LogP contribution in [0.2, 0.25) is 0 Å². The number of hydrogen-bond donors (Lipinski definition) is 1. The Morgan fingerprint density at radius 2 is 2.23 bits per heavy atom. The first-order valence-corrected chi connectivity index (χ1v) is 4.97. The lowest BCUT2D eigenvalue weighted by Crippen LogP contribution is -2.17. The molecule has 0 saturated heterocycles. The molecule has 0 bridgehead atoms. The predicted molar refractivity (Wildman–Crippen MR) is 49.9 cm³/mol. The average Bonchev–Trinajstić information content (AvgIpc) is 2.46. The second kappa shape index (κ2) is 2.96. The molecule has 1 heterocycles. The fraction of sp³-hybridized carbons (Fsp3) is 0.333. The zero-order valence-corrected chi connectivity index (χ0v) is 7.82. The molecule has 0 saturated carbocycles. The van der Waals surface area contributed by atoms with E-state index in [1.54, 1.807) is 5.38 Å². The van der Waals surface area contributed by atoms with Crippen LogP contribution in [-0.2, 0) is 17.6 Å². The van der Waals surface area contributed by atoms with Crippen molar-refractivity contribution in [2.24, 2.45) is 5.73 Å². The quantitative estimate of drug-likeness (QED) is 0.723. The van der Waals surface area contributed by atoms with E-state index in [0.717, 1.165) is 10.4 Å². The molecule has 0 atom stereocenters. The van der Waals surface area contributed by atoms with Gasteiger partial charge in [0.1, 0.15) is 5.78 Å². The number of Topliss-reactive ketones (excluding diaryl/α,β-unsaturated/α-hetero) is 1. The van der Waals surface area contributed by atoms with E-state index in [0.29, 0.717) is 24.8 Å². The topological polar surface area (TPSA) is 60.2 Å². The first-order chi connectivity index (χ1) is 6.18. The molecule has 4 heteroatoms. The van der Waals surface area contributed by atoms with Crippen LogP contribution < -0.4 is 5.73 Å². The fourth-order valence-corrected chi connectivity index (χ4v) is 2.70. The van der Waals surface area contributed by atoms with Gasteiger partial charge in [-0.2, -0.15) is 0 Å². The Balaban J connectivity index is 2.44. The Hall–Kier alpha value is -1.16. The minimum absolute atomic E-state index is 0.255. The number of thiophene rings is 1. The SMILES string of the molecule is NC(=O)c1csc2c1CCC(=O)C2. The Morgan fingerprint density at radius 1 is 1.46 bits per heavy atom. The summed E-state index contributed by atoms with van der Waals surface area (Å²) in [5, 5.41) is 1.76. The lowest BCUT2D eigenvalue weighted by Gasteiger charge is -2.10. The van der Waals surface area contributed by atoms with E-state index in [1.807, 2.05) is 0 Å². The first-order valence-electron chi connectivity index (χ1n) is 4.09. The second-order valence-electron chi connectivity index (χ2n) is 3.13. The van der Waals surface area contributed by atoms with Crippen LogP contribution in [-0.4, -0.2) is 11.7 Å². The van der Waals surface area contributed by atoms with Crippen LogP contribution in [0, 0.1) is 0 Å². The van der Waals surface area contributed by atoms with Gasteiger partial charge < -0.3 is 5.73 Å². The van der Waals surface area contributed by atoms with Gasteiger partial charge in [-0.1, -0.05) is 0 Å². The van der Waals surface area contributed by atoms with Gasteiger partial charge in [-0.25, -0.2) is 0 Å². The Labute approximate surface area is 79.6 Å². The van der Waals surface area contributed by atoms with Gasteiger partial charge in [0.2, 0.25) is 5.91 Å². The molecule has 13 heavy (non-hydrogen) atoms. The largest absolute Gasteiger partial charge is 0.366 e. The summed E-state index contributed by atoms with van der Waals surface area (Å²) in [5.74, 6) is -0.128. The molecule has 68 valence electrons. The third-order valence-corrected chi connectivity index (χ3v) is 3.29. The number of primary amides is 1. The van der Waals surface area contributed by atoms with E-state index < -0.39 is 0 Å². The van der Waals surface area contributed by atoms with E-state index in [2.05, 4.69) is 0 Å². The maximum Gasteiger partial charge on any atom is 0.249 e. The van der Waals surface area contributed by atoms with Gasteiger partial charge >= 0.3 is 0 Å². The Morgan fingerprint density at radius 3 is 2.92 bits per heavy atom. The molecule has 2 N–H and O–H groups in total. The number of amides is 1. The molecule has 0 aromatic carbocycles. The highest BCUT2D eigenvalue weighted by Crippen LogP contribution is 2.28. The molecule has 1 amide bonds.